The second-order valence-corrected chi connectivity index (χ2v) is 25.7. The molecule has 0 fully saturated rings. The van der Waals surface area contributed by atoms with Crippen molar-refractivity contribution < 1.29 is 331 Å². The van der Waals surface area contributed by atoms with E-state index in [2.05, 4.69) is 60.2 Å². The van der Waals surface area contributed by atoms with Crippen molar-refractivity contribution in [1.29, 1.82) is 0 Å². The summed E-state index contributed by atoms with van der Waals surface area (Å²) >= 11 is 0. The number of H-pyrrole nitrogens is 1. The van der Waals surface area contributed by atoms with Gasteiger partial charge in [-0.05, 0) is 130 Å². The smallest absolute Gasteiger partial charge is 0.870 e. The van der Waals surface area contributed by atoms with E-state index in [1.807, 2.05) is 6.07 Å². The second-order valence-electron chi connectivity index (χ2n) is 25.7. The number of nitrogens with two attached hydrogens (primary N) is 6. The molecular formula is C81H115LiN24O28Y6. The van der Waals surface area contributed by atoms with Crippen LogP contribution >= 0.6 is 0 Å². The molecule has 11 rings (SSSR count). The molecule has 52 nitrogen and oxygen atoms in total. The van der Waals surface area contributed by atoms with Gasteiger partial charge in [-0.1, -0.05) is 93.1 Å². The molecule has 0 spiro atoms. The molecule has 17 N–H and O–H groups in total. The van der Waals surface area contributed by atoms with Crippen LogP contribution in [0.5, 0.6) is 47.0 Å². The number of benzene rings is 4. The maximum Gasteiger partial charge on any atom is 1.00 e. The predicted molar refractivity (Wildman–Crippen MR) is 485 cm³/mol. The maximum atomic E-state index is 12.8. The van der Waals surface area contributed by atoms with E-state index in [1.54, 1.807) is 99.6 Å². The fourth-order valence-electron chi connectivity index (χ4n) is 11.0. The third kappa shape index (κ3) is 45.3. The van der Waals surface area contributed by atoms with Crippen molar-refractivity contribution in [2.45, 2.75) is 117 Å². The molecule has 2 aliphatic heterocycles. The van der Waals surface area contributed by atoms with E-state index in [1.165, 1.54) is 23.8 Å². The van der Waals surface area contributed by atoms with Crippen LogP contribution in [0.4, 0.5) is 72.2 Å². The van der Waals surface area contributed by atoms with Gasteiger partial charge in [0, 0.05) is 209 Å². The number of aliphatic carboxylic acids is 1. The summed E-state index contributed by atoms with van der Waals surface area (Å²) in [6.45, 7) is 5.35. The van der Waals surface area contributed by atoms with Crippen LogP contribution in [0.15, 0.2) is 102 Å². The zero-order chi connectivity index (χ0) is 91.4. The molecule has 0 atom stereocenters. The first-order valence-electron chi connectivity index (χ1n) is 38.2. The Morgan fingerprint density at radius 3 is 1.36 bits per heavy atom. The number of nitrogens with one attached hydrogen (secondary N) is 3. The quantitative estimate of drug-likeness (QED) is 0.00869. The molecule has 0 saturated carbocycles. The Balaban J connectivity index is -0.000000327. The van der Waals surface area contributed by atoms with Gasteiger partial charge in [0.25, 0.3) is 11.8 Å². The Labute approximate surface area is 969 Å². The molecule has 6 radical (unpaired) electrons. The molecule has 0 unspecified atom stereocenters. The first-order chi connectivity index (χ1) is 60.5. The van der Waals surface area contributed by atoms with Gasteiger partial charge in [-0.3, -0.25) is 59.2 Å². The van der Waals surface area contributed by atoms with Crippen LogP contribution in [0.3, 0.4) is 0 Å². The average Bonchev–Trinajstić information content (AvgIpc) is 1.73. The van der Waals surface area contributed by atoms with Crippen molar-refractivity contribution in [3.05, 3.63) is 160 Å². The van der Waals surface area contributed by atoms with Crippen molar-refractivity contribution in [3.63, 3.8) is 0 Å². The van der Waals surface area contributed by atoms with Crippen LogP contribution in [0, 0.1) is 30.3 Å². The van der Waals surface area contributed by atoms with Gasteiger partial charge in [0.2, 0.25) is 34.9 Å². The molecule has 9 aromatic rings. The fourth-order valence-corrected chi connectivity index (χ4v) is 11.0. The molecule has 5 amide bonds. The van der Waals surface area contributed by atoms with Crippen molar-refractivity contribution in [3.8, 4) is 47.0 Å². The number of fused-ring (bicyclic) bond motifs is 7. The summed E-state index contributed by atoms with van der Waals surface area (Å²) in [6, 6.07) is 25.6. The Kier molecular flexibility index (Phi) is 77.1. The van der Waals surface area contributed by atoms with Crippen LogP contribution in [0.2, 0.25) is 0 Å². The summed E-state index contributed by atoms with van der Waals surface area (Å²) in [5, 5.41) is 49.3. The van der Waals surface area contributed by atoms with E-state index < -0.39 is 97.7 Å². The van der Waals surface area contributed by atoms with E-state index in [0.29, 0.717) is 104 Å². The first kappa shape index (κ1) is 144. The summed E-state index contributed by atoms with van der Waals surface area (Å²) in [6.07, 6.45) is -0.788. The molecule has 8 bridgehead atoms. The van der Waals surface area contributed by atoms with Gasteiger partial charge in [0.05, 0.1) is 94.3 Å². The molecule has 2 aliphatic rings. The minimum atomic E-state index is -1.16. The normalized spacial score (nSPS) is 11.2. The number of carbonyl (C=O) groups is 7. The van der Waals surface area contributed by atoms with Crippen LogP contribution in [0.25, 0.3) is 11.2 Å². The van der Waals surface area contributed by atoms with Gasteiger partial charge in [-0.25, -0.2) is 28.8 Å². The van der Waals surface area contributed by atoms with Crippen LogP contribution in [-0.2, 0) is 261 Å². The van der Waals surface area contributed by atoms with E-state index in [4.69, 9.17) is 91.6 Å². The molecule has 7 heterocycles. The van der Waals surface area contributed by atoms with Crippen LogP contribution in [-0.4, -0.2) is 223 Å². The summed E-state index contributed by atoms with van der Waals surface area (Å²) in [7, 11) is 1.23. The fraction of sp³-hybridized carbons (Fsp3) is 0.407. The van der Waals surface area contributed by atoms with Crippen LogP contribution in [0.1, 0.15) is 113 Å². The van der Waals surface area contributed by atoms with Crippen molar-refractivity contribution >= 4 is 111 Å². The van der Waals surface area contributed by atoms with Crippen molar-refractivity contribution in [2.24, 2.45) is 11.5 Å². The SMILES string of the molecule is C.C.C.C.C.C.CCOC(=O)N(Cc1cccc(OCC(=O)O)c1)c1nc(OCCCN)nc(N)c1[N+](=O)[O-].CCOC(=O)N(Cc1cccc(OCC(=O)OC)c1)c1nc(OCCCN)nc(N)c1[N+](=O)[O-].CCOC(=O)N1Cc2cccc(c2)OCC(=O)NCCCOc2nc(N)c([N+](=O)[O-])c1n2.Nc1nc2nc3c1[nH]c(=O)n3Cc1cccc(c1)OCC(=O)NCCCO2.[Li+].[OH-].[Y].[Y].[Y].[Y].[Y].[Y]. The third-order valence-electron chi connectivity index (χ3n) is 16.6. The molecular weight excluding hydrogens is 2300 g/mol. The number of imidazole rings is 1. The Morgan fingerprint density at radius 2 is 0.936 bits per heavy atom. The summed E-state index contributed by atoms with van der Waals surface area (Å²) in [5.74, 6) is -3.31. The summed E-state index contributed by atoms with van der Waals surface area (Å²) < 4.78 is 64.4. The number of nitrogen functional groups attached to an aromatic ring is 4. The van der Waals surface area contributed by atoms with Gasteiger partial charge in [0.15, 0.2) is 37.9 Å². The molecule has 5 aromatic heterocycles. The number of esters is 1. The molecule has 0 saturated heterocycles. The monoisotopic (exact) mass is 2410 g/mol. The minimum Gasteiger partial charge on any atom is -0.870 e. The Bertz CT molecular complexity index is 5450. The topological polar surface area (TPSA) is 741 Å². The average molecular weight is 2410 g/mol. The number of anilines is 7. The van der Waals surface area contributed by atoms with Crippen LogP contribution < -0.4 is 122 Å². The number of hydrogen-bond donors (Lipinski definition) is 10. The number of hydrogen-bond acceptors (Lipinski definition) is 41. The third-order valence-corrected chi connectivity index (χ3v) is 16.6. The van der Waals surface area contributed by atoms with Gasteiger partial charge in [-0.15, -0.1) is 0 Å². The predicted octanol–water partition coefficient (Wildman–Crippen LogP) is 4.79. The van der Waals surface area contributed by atoms with E-state index >= 15 is 0 Å². The number of carboxylic acids is 1. The number of rotatable bonds is 26. The van der Waals surface area contributed by atoms with Gasteiger partial charge >= 0.3 is 95.9 Å². The summed E-state index contributed by atoms with van der Waals surface area (Å²) in [4.78, 5) is 167. The molecule has 59 heteroatoms. The number of aromatic nitrogens is 10. The molecule has 140 heavy (non-hydrogen) atoms. The number of nitro groups is 3. The standard InChI is InChI=1S/C20H26N6O8.C19H24N6O8.C19H22N6O7.C17H18N6O4.6CH4.Li.H2O.6Y/c1-3-32-20(28)25(11-13-6-4-7-14(10-13)34-12-15(27)31-2)18-16(26(29)30)17(22)23-19(24-18)33-9-5-8-21;1-2-31-19(28)24(10-12-5-3-6-13(9-12)33-11-14(26)27)17-15(25(29)30)16(21)22-18(23-17)32-8-4-7-20;1-2-30-19(27)24-10-12-5-3-6-13(9-12)32-11-14(26)21-7-4-8-31-18-22-16(20)15(25(28)29)17(24)23-18;18-14-13-15-22-16(21-14)26-6-2-5-19-12(24)9-27-11-4-1-3-10(7-11)8-23(15)17(25)20-13;;;;;;;;;;;;;;/h4,6-7,10H,3,5,8-9,11-12,21H2,1-2H3,(H2,22,23,24);3,5-6,9H,2,4,7-8,10-11,20H2,1H3,(H,26,27)(H2,21,22,23);3,5-6,9H,2,4,7-8,10-11H2,1H3,(H,21,26)(H2,20,22,23);1,3-4,7H,2,5-6,8-9H2,(H,19,24)(H,20,25)(H2,18,21,22);6*1H4;;1H2;;;;;;/q;;;;;;;;;;+1;;;;;;;/p-1. The number of aromatic amines is 1. The number of ether oxygens (including phenoxy) is 12. The van der Waals surface area contributed by atoms with Crippen molar-refractivity contribution in [1.82, 2.24) is 60.1 Å². The largest absolute Gasteiger partial charge is 1.00 e. The minimum absolute atomic E-state index is 0. The van der Waals surface area contributed by atoms with E-state index in [9.17, 15) is 68.7 Å². The summed E-state index contributed by atoms with van der Waals surface area (Å²) in [5.41, 5.74) is 34.8. The maximum absolute atomic E-state index is 12.8. The number of nitrogens with zero attached hydrogens (tertiary/aromatic N) is 15. The van der Waals surface area contributed by atoms with Gasteiger partial charge in [0.1, 0.15) is 28.5 Å². The zero-order valence-electron chi connectivity index (χ0n) is 73.1. The molecule has 4 aromatic carbocycles. The number of amides is 5. The van der Waals surface area contributed by atoms with E-state index in [-0.39, 0.29) is 410 Å². The number of methoxy groups -OCH3 is 1. The first-order valence-corrected chi connectivity index (χ1v) is 38.2. The Hall–Kier alpha value is -8.94. The van der Waals surface area contributed by atoms with E-state index in [0.717, 1.165) is 20.3 Å². The number of carboxylic acid groups (broad SMARTS) is 1. The van der Waals surface area contributed by atoms with Crippen molar-refractivity contribution in [2.75, 3.05) is 144 Å². The van der Waals surface area contributed by atoms with Gasteiger partial charge in [-0.2, -0.15) is 39.9 Å². The Morgan fingerprint density at radius 1 is 0.521 bits per heavy atom. The second kappa shape index (κ2) is 74.9. The zero-order valence-corrected chi connectivity index (χ0v) is 90.2. The van der Waals surface area contributed by atoms with Gasteiger partial charge < -0.3 is 117 Å². The molecule has 0 aliphatic carbocycles. The molecule has 746 valence electrons. The number of carbonyl (C=O) groups excluding carboxylic acids is 6.